The number of esters is 1. The smallest absolute Gasteiger partial charge is 0.358 e. The van der Waals surface area contributed by atoms with Crippen molar-refractivity contribution in [1.82, 2.24) is 14.6 Å². The Morgan fingerprint density at radius 3 is 2.91 bits per heavy atom. The number of nitrogens with zero attached hydrogens (tertiary/aromatic N) is 2. The van der Waals surface area contributed by atoms with Gasteiger partial charge in [-0.2, -0.15) is 0 Å². The van der Waals surface area contributed by atoms with E-state index in [-0.39, 0.29) is 0 Å². The van der Waals surface area contributed by atoms with Crippen molar-refractivity contribution in [3.63, 3.8) is 0 Å². The quantitative estimate of drug-likeness (QED) is 0.752. The summed E-state index contributed by atoms with van der Waals surface area (Å²) in [7, 11) is 1.64. The lowest BCUT2D eigenvalue weighted by atomic mass is 10.1. The van der Waals surface area contributed by atoms with Gasteiger partial charge in [0.05, 0.1) is 25.6 Å². The monoisotopic (exact) mass is 299 g/mol. The second-order valence-electron chi connectivity index (χ2n) is 4.88. The van der Waals surface area contributed by atoms with Gasteiger partial charge in [-0.3, -0.25) is 5.10 Å². The van der Waals surface area contributed by atoms with Gasteiger partial charge in [-0.15, -0.1) is 0 Å². The van der Waals surface area contributed by atoms with Crippen molar-refractivity contribution in [2.75, 3.05) is 13.7 Å². The molecule has 6 nitrogen and oxygen atoms in total. The van der Waals surface area contributed by atoms with Gasteiger partial charge >= 0.3 is 5.97 Å². The number of ether oxygens (including phenoxy) is 2. The molecule has 1 aromatic carbocycles. The minimum atomic E-state index is -0.415. The highest BCUT2D eigenvalue weighted by atomic mass is 16.5. The highest BCUT2D eigenvalue weighted by Crippen LogP contribution is 2.27. The summed E-state index contributed by atoms with van der Waals surface area (Å²) in [5.74, 6) is 0.373. The molecule has 0 saturated heterocycles. The molecule has 0 radical (unpaired) electrons. The number of rotatable bonds is 4. The van der Waals surface area contributed by atoms with Crippen molar-refractivity contribution in [3.05, 3.63) is 41.7 Å². The number of hydrogen-bond acceptors (Lipinski definition) is 4. The van der Waals surface area contributed by atoms with E-state index in [0.717, 1.165) is 22.6 Å². The molecule has 0 spiro atoms. The molecule has 0 atom stereocenters. The van der Waals surface area contributed by atoms with E-state index in [0.29, 0.717) is 17.9 Å². The van der Waals surface area contributed by atoms with Crippen LogP contribution in [0.25, 0.3) is 16.9 Å². The Morgan fingerprint density at radius 1 is 1.41 bits per heavy atom. The Hall–Kier alpha value is -2.76. The lowest BCUT2D eigenvalue weighted by Gasteiger charge is -2.03. The molecule has 0 aliphatic carbocycles. The summed E-state index contributed by atoms with van der Waals surface area (Å²) in [6.45, 7) is 4.06. The molecule has 3 aromatic rings. The van der Waals surface area contributed by atoms with Gasteiger partial charge < -0.3 is 9.47 Å². The van der Waals surface area contributed by atoms with Crippen LogP contribution in [0.4, 0.5) is 0 Å². The van der Waals surface area contributed by atoms with Crippen LogP contribution in [-0.2, 0) is 4.74 Å². The van der Waals surface area contributed by atoms with E-state index in [1.54, 1.807) is 24.7 Å². The first-order chi connectivity index (χ1) is 10.6. The first-order valence-electron chi connectivity index (χ1n) is 7.03. The summed E-state index contributed by atoms with van der Waals surface area (Å²) in [5.41, 5.74) is 3.91. The molecule has 0 amide bonds. The summed E-state index contributed by atoms with van der Waals surface area (Å²) in [4.78, 5) is 16.1. The van der Waals surface area contributed by atoms with Crippen molar-refractivity contribution < 1.29 is 14.3 Å². The molecule has 0 aliphatic heterocycles. The molecule has 0 unspecified atom stereocenters. The van der Waals surface area contributed by atoms with E-state index in [1.165, 1.54) is 0 Å². The molecule has 0 bridgehead atoms. The second-order valence-corrected chi connectivity index (χ2v) is 4.88. The molecular formula is C16H17N3O3. The molecule has 2 heterocycles. The zero-order valence-electron chi connectivity index (χ0n) is 12.7. The SMILES string of the molecule is CCOC(=O)c1cn2[nH]c(-c3cccc(OC)c3)c(C)c2n1. The normalized spacial score (nSPS) is 10.9. The number of aromatic amines is 1. The Bertz CT molecular complexity index is 832. The largest absolute Gasteiger partial charge is 0.497 e. The van der Waals surface area contributed by atoms with Crippen LogP contribution >= 0.6 is 0 Å². The van der Waals surface area contributed by atoms with Crippen molar-refractivity contribution in [2.45, 2.75) is 13.8 Å². The van der Waals surface area contributed by atoms with Gasteiger partial charge in [0.2, 0.25) is 0 Å². The number of benzene rings is 1. The Kier molecular flexibility index (Phi) is 3.58. The molecule has 1 N–H and O–H groups in total. The number of hydrogen-bond donors (Lipinski definition) is 1. The van der Waals surface area contributed by atoms with Gasteiger partial charge in [-0.25, -0.2) is 14.3 Å². The van der Waals surface area contributed by atoms with Crippen LogP contribution in [0.3, 0.4) is 0 Å². The minimum absolute atomic E-state index is 0.299. The maximum atomic E-state index is 11.7. The standard InChI is InChI=1S/C16H17N3O3/c1-4-22-16(20)13-9-19-15(17-13)10(2)14(18-19)11-6-5-7-12(8-11)21-3/h5-9,18H,4H2,1-3H3. The summed E-state index contributed by atoms with van der Waals surface area (Å²) in [6, 6.07) is 7.77. The fourth-order valence-electron chi connectivity index (χ4n) is 2.41. The molecule has 22 heavy (non-hydrogen) atoms. The number of H-pyrrole nitrogens is 1. The fourth-order valence-corrected chi connectivity index (χ4v) is 2.41. The van der Waals surface area contributed by atoms with E-state index in [4.69, 9.17) is 9.47 Å². The number of aryl methyl sites for hydroxylation is 1. The number of carbonyl (C=O) groups is 1. The molecule has 6 heteroatoms. The average molecular weight is 299 g/mol. The molecule has 0 fully saturated rings. The lowest BCUT2D eigenvalue weighted by Crippen LogP contribution is -2.04. The van der Waals surface area contributed by atoms with Crippen LogP contribution in [0.15, 0.2) is 30.5 Å². The average Bonchev–Trinajstić information content (AvgIpc) is 3.08. The first kappa shape index (κ1) is 14.2. The second kappa shape index (κ2) is 5.55. The van der Waals surface area contributed by atoms with Gasteiger partial charge in [-0.05, 0) is 26.0 Å². The third-order valence-corrected chi connectivity index (χ3v) is 3.49. The predicted octanol–water partition coefficient (Wildman–Crippen LogP) is 2.82. The summed E-state index contributed by atoms with van der Waals surface area (Å²) in [6.07, 6.45) is 1.64. The highest BCUT2D eigenvalue weighted by molar-refractivity contribution is 5.88. The van der Waals surface area contributed by atoms with E-state index in [9.17, 15) is 4.79 Å². The van der Waals surface area contributed by atoms with Crippen LogP contribution in [0, 0.1) is 6.92 Å². The Balaban J connectivity index is 2.04. The Labute approximate surface area is 127 Å². The van der Waals surface area contributed by atoms with Crippen LogP contribution in [0.1, 0.15) is 23.0 Å². The maximum Gasteiger partial charge on any atom is 0.358 e. The minimum Gasteiger partial charge on any atom is -0.497 e. The number of fused-ring (bicyclic) bond motifs is 1. The van der Waals surface area contributed by atoms with E-state index < -0.39 is 5.97 Å². The fraction of sp³-hybridized carbons (Fsp3) is 0.250. The van der Waals surface area contributed by atoms with Crippen molar-refractivity contribution in [3.8, 4) is 17.0 Å². The number of methoxy groups -OCH3 is 1. The van der Waals surface area contributed by atoms with Gasteiger partial charge in [0.15, 0.2) is 11.3 Å². The van der Waals surface area contributed by atoms with Crippen LogP contribution < -0.4 is 4.74 Å². The highest BCUT2D eigenvalue weighted by Gasteiger charge is 2.17. The third kappa shape index (κ3) is 2.32. The predicted molar refractivity (Wildman–Crippen MR) is 82.2 cm³/mol. The molecule has 114 valence electrons. The number of nitrogens with one attached hydrogen (secondary N) is 1. The lowest BCUT2D eigenvalue weighted by molar-refractivity contribution is 0.0520. The van der Waals surface area contributed by atoms with Gasteiger partial charge in [-0.1, -0.05) is 12.1 Å². The zero-order chi connectivity index (χ0) is 15.7. The first-order valence-corrected chi connectivity index (χ1v) is 7.03. The molecular weight excluding hydrogens is 282 g/mol. The molecule has 0 saturated carbocycles. The van der Waals surface area contributed by atoms with Crippen LogP contribution in [0.5, 0.6) is 5.75 Å². The molecule has 2 aromatic heterocycles. The van der Waals surface area contributed by atoms with Crippen molar-refractivity contribution in [1.29, 1.82) is 0 Å². The van der Waals surface area contributed by atoms with Gasteiger partial charge in [0, 0.05) is 11.1 Å². The Morgan fingerprint density at radius 2 is 2.23 bits per heavy atom. The van der Waals surface area contributed by atoms with E-state index >= 15 is 0 Å². The van der Waals surface area contributed by atoms with Gasteiger partial charge in [0.1, 0.15) is 5.75 Å². The number of imidazole rings is 1. The van der Waals surface area contributed by atoms with Crippen LogP contribution in [-0.4, -0.2) is 34.3 Å². The number of aromatic nitrogens is 3. The molecule has 3 rings (SSSR count). The van der Waals surface area contributed by atoms with E-state index in [1.807, 2.05) is 31.2 Å². The topological polar surface area (TPSA) is 68.6 Å². The summed E-state index contributed by atoms with van der Waals surface area (Å²) in [5, 5.41) is 3.24. The van der Waals surface area contributed by atoms with E-state index in [2.05, 4.69) is 10.1 Å². The third-order valence-electron chi connectivity index (χ3n) is 3.49. The van der Waals surface area contributed by atoms with Crippen LogP contribution in [0.2, 0.25) is 0 Å². The summed E-state index contributed by atoms with van der Waals surface area (Å²) >= 11 is 0. The van der Waals surface area contributed by atoms with Gasteiger partial charge in [0.25, 0.3) is 0 Å². The van der Waals surface area contributed by atoms with Crippen molar-refractivity contribution in [2.24, 2.45) is 0 Å². The summed E-state index contributed by atoms with van der Waals surface area (Å²) < 4.78 is 12.0. The molecule has 0 aliphatic rings. The maximum absolute atomic E-state index is 11.7. The number of carbonyl (C=O) groups excluding carboxylic acids is 1. The van der Waals surface area contributed by atoms with Crippen molar-refractivity contribution >= 4 is 11.6 Å². The zero-order valence-corrected chi connectivity index (χ0v) is 12.7.